The number of esters is 1. The second-order valence-electron chi connectivity index (χ2n) is 7.75. The zero-order valence-corrected chi connectivity index (χ0v) is 17.0. The first-order chi connectivity index (χ1) is 13.5. The number of carbonyl (C=O) groups is 3. The number of rotatable bonds is 6. The third kappa shape index (κ3) is 4.75. The van der Waals surface area contributed by atoms with Gasteiger partial charge in [-0.05, 0) is 50.7 Å². The Labute approximate surface area is 166 Å². The van der Waals surface area contributed by atoms with Crippen molar-refractivity contribution < 1.29 is 19.1 Å². The zero-order valence-electron chi connectivity index (χ0n) is 17.0. The molecule has 2 fully saturated rings. The van der Waals surface area contributed by atoms with Crippen LogP contribution in [0.5, 0.6) is 0 Å². The van der Waals surface area contributed by atoms with Gasteiger partial charge in [-0.1, -0.05) is 0 Å². The third-order valence-electron chi connectivity index (χ3n) is 5.77. The fraction of sp³-hybridized carbons (Fsp3) is 0.667. The van der Waals surface area contributed by atoms with E-state index in [1.165, 1.54) is 0 Å². The summed E-state index contributed by atoms with van der Waals surface area (Å²) in [6.07, 6.45) is 6.57. The fourth-order valence-corrected chi connectivity index (χ4v) is 4.10. The molecule has 2 aliphatic heterocycles. The zero-order chi connectivity index (χ0) is 20.1. The van der Waals surface area contributed by atoms with Crippen LogP contribution in [0.15, 0.2) is 12.3 Å². The molecule has 0 radical (unpaired) electrons. The summed E-state index contributed by atoms with van der Waals surface area (Å²) in [7, 11) is 1.87. The molecular weight excluding hydrogens is 358 g/mol. The molecule has 28 heavy (non-hydrogen) atoms. The van der Waals surface area contributed by atoms with E-state index in [0.29, 0.717) is 51.1 Å². The van der Waals surface area contributed by atoms with Gasteiger partial charge in [0.15, 0.2) is 0 Å². The van der Waals surface area contributed by atoms with E-state index < -0.39 is 0 Å². The number of ether oxygens (including phenoxy) is 1. The van der Waals surface area contributed by atoms with Crippen molar-refractivity contribution >= 4 is 17.8 Å². The molecule has 154 valence electrons. The Morgan fingerprint density at radius 3 is 2.39 bits per heavy atom. The van der Waals surface area contributed by atoms with Gasteiger partial charge < -0.3 is 19.1 Å². The first-order valence-corrected chi connectivity index (χ1v) is 10.4. The van der Waals surface area contributed by atoms with Crippen molar-refractivity contribution in [3.8, 4) is 0 Å². The Balaban J connectivity index is 1.53. The van der Waals surface area contributed by atoms with Crippen LogP contribution >= 0.6 is 0 Å². The van der Waals surface area contributed by atoms with Crippen LogP contribution in [0.25, 0.3) is 0 Å². The molecule has 2 saturated heterocycles. The maximum atomic E-state index is 12.9. The molecule has 3 heterocycles. The Morgan fingerprint density at radius 1 is 1.07 bits per heavy atom. The topological polar surface area (TPSA) is 71.8 Å². The van der Waals surface area contributed by atoms with Crippen LogP contribution in [-0.2, 0) is 27.8 Å². The number of likely N-dealkylation sites (tertiary alicyclic amines) is 2. The largest absolute Gasteiger partial charge is 0.466 e. The normalized spacial score (nSPS) is 17.8. The van der Waals surface area contributed by atoms with Gasteiger partial charge in [0.05, 0.1) is 12.5 Å². The van der Waals surface area contributed by atoms with Crippen LogP contribution in [0.4, 0.5) is 0 Å². The minimum absolute atomic E-state index is 0.0121. The molecule has 7 heteroatoms. The highest BCUT2D eigenvalue weighted by Crippen LogP contribution is 2.21. The number of nitrogens with zero attached hydrogens (tertiary/aromatic N) is 3. The highest BCUT2D eigenvalue weighted by atomic mass is 16.5. The molecule has 3 rings (SSSR count). The third-order valence-corrected chi connectivity index (χ3v) is 5.77. The molecule has 0 bridgehead atoms. The van der Waals surface area contributed by atoms with E-state index in [-0.39, 0.29) is 23.7 Å². The first-order valence-electron chi connectivity index (χ1n) is 10.4. The van der Waals surface area contributed by atoms with Crippen LogP contribution in [-0.4, -0.2) is 64.9 Å². The van der Waals surface area contributed by atoms with Gasteiger partial charge in [-0.25, -0.2) is 0 Å². The summed E-state index contributed by atoms with van der Waals surface area (Å²) in [5.74, 6) is -0.0693. The van der Waals surface area contributed by atoms with Crippen molar-refractivity contribution in [2.45, 2.75) is 45.4 Å². The molecule has 7 nitrogen and oxygen atoms in total. The summed E-state index contributed by atoms with van der Waals surface area (Å²) >= 11 is 0. The van der Waals surface area contributed by atoms with Crippen molar-refractivity contribution in [2.75, 3.05) is 32.8 Å². The van der Waals surface area contributed by atoms with Crippen molar-refractivity contribution in [1.29, 1.82) is 0 Å². The van der Waals surface area contributed by atoms with Crippen LogP contribution in [0.2, 0.25) is 0 Å². The molecule has 0 aliphatic carbocycles. The number of hydrogen-bond acceptors (Lipinski definition) is 4. The van der Waals surface area contributed by atoms with Gasteiger partial charge in [0.2, 0.25) is 5.91 Å². The quantitative estimate of drug-likeness (QED) is 0.698. The van der Waals surface area contributed by atoms with E-state index in [2.05, 4.69) is 0 Å². The molecule has 0 aromatic carbocycles. The van der Waals surface area contributed by atoms with Gasteiger partial charge in [-0.15, -0.1) is 0 Å². The predicted octanol–water partition coefficient (Wildman–Crippen LogP) is 2.00. The molecule has 2 amide bonds. The van der Waals surface area contributed by atoms with Crippen molar-refractivity contribution in [3.05, 3.63) is 23.5 Å². The van der Waals surface area contributed by atoms with Crippen LogP contribution in [0.1, 0.15) is 55.1 Å². The molecule has 0 atom stereocenters. The smallest absolute Gasteiger partial charge is 0.309 e. The van der Waals surface area contributed by atoms with E-state index >= 15 is 0 Å². The minimum atomic E-state index is -0.154. The number of hydrogen-bond donors (Lipinski definition) is 0. The number of amides is 2. The minimum Gasteiger partial charge on any atom is -0.466 e. The summed E-state index contributed by atoms with van der Waals surface area (Å²) < 4.78 is 6.93. The average molecular weight is 389 g/mol. The van der Waals surface area contributed by atoms with Gasteiger partial charge in [0.25, 0.3) is 5.91 Å². The standard InChI is InChI=1S/C21H31N3O4/c1-3-28-21(27)17-8-12-24(13-9-17)20(26)18-14-16(15-22(18)2)6-7-19(25)23-10-4-5-11-23/h14-15,17H,3-13H2,1-2H3. The summed E-state index contributed by atoms with van der Waals surface area (Å²) in [5, 5.41) is 0. The monoisotopic (exact) mass is 389 g/mol. The Morgan fingerprint density at radius 2 is 1.75 bits per heavy atom. The Kier molecular flexibility index (Phi) is 6.75. The average Bonchev–Trinajstić information content (AvgIpc) is 3.36. The maximum Gasteiger partial charge on any atom is 0.309 e. The highest BCUT2D eigenvalue weighted by Gasteiger charge is 2.29. The van der Waals surface area contributed by atoms with Crippen LogP contribution < -0.4 is 0 Å². The van der Waals surface area contributed by atoms with E-state index in [1.54, 1.807) is 0 Å². The van der Waals surface area contributed by atoms with Gasteiger partial charge >= 0.3 is 5.97 Å². The first kappa shape index (κ1) is 20.4. The molecule has 1 aromatic rings. The van der Waals surface area contributed by atoms with Crippen LogP contribution in [0.3, 0.4) is 0 Å². The van der Waals surface area contributed by atoms with E-state index in [1.807, 2.05) is 40.6 Å². The summed E-state index contributed by atoms with van der Waals surface area (Å²) in [5.41, 5.74) is 1.65. The van der Waals surface area contributed by atoms with Gasteiger partial charge in [-0.2, -0.15) is 0 Å². The molecule has 0 N–H and O–H groups in total. The molecule has 0 unspecified atom stereocenters. The lowest BCUT2D eigenvalue weighted by Gasteiger charge is -2.30. The second kappa shape index (κ2) is 9.26. The molecule has 0 saturated carbocycles. The summed E-state index contributed by atoms with van der Waals surface area (Å²) in [6.45, 7) is 5.08. The number of aryl methyl sites for hydroxylation is 2. The number of aromatic nitrogens is 1. The second-order valence-corrected chi connectivity index (χ2v) is 7.75. The molecule has 2 aliphatic rings. The Bertz CT molecular complexity index is 713. The number of piperidine rings is 1. The fourth-order valence-electron chi connectivity index (χ4n) is 4.10. The number of carbonyl (C=O) groups excluding carboxylic acids is 3. The summed E-state index contributed by atoms with van der Waals surface area (Å²) in [4.78, 5) is 40.7. The highest BCUT2D eigenvalue weighted by molar-refractivity contribution is 5.93. The van der Waals surface area contributed by atoms with E-state index in [4.69, 9.17) is 4.74 Å². The van der Waals surface area contributed by atoms with Gasteiger partial charge in [0.1, 0.15) is 5.69 Å². The Hall–Kier alpha value is -2.31. The molecule has 0 spiro atoms. The lowest BCUT2D eigenvalue weighted by molar-refractivity contribution is -0.149. The lowest BCUT2D eigenvalue weighted by atomic mass is 9.97. The van der Waals surface area contributed by atoms with Crippen LogP contribution in [0, 0.1) is 5.92 Å². The van der Waals surface area contributed by atoms with E-state index in [9.17, 15) is 14.4 Å². The van der Waals surface area contributed by atoms with Gasteiger partial charge in [0, 0.05) is 45.8 Å². The lowest BCUT2D eigenvalue weighted by Crippen LogP contribution is -2.41. The van der Waals surface area contributed by atoms with Crippen molar-refractivity contribution in [3.63, 3.8) is 0 Å². The van der Waals surface area contributed by atoms with Crippen molar-refractivity contribution in [2.24, 2.45) is 13.0 Å². The SMILES string of the molecule is CCOC(=O)C1CCN(C(=O)c2cc(CCC(=O)N3CCCC3)cn2C)CC1. The van der Waals surface area contributed by atoms with Gasteiger partial charge in [-0.3, -0.25) is 14.4 Å². The molecular formula is C21H31N3O4. The van der Waals surface area contributed by atoms with Crippen molar-refractivity contribution in [1.82, 2.24) is 14.4 Å². The summed E-state index contributed by atoms with van der Waals surface area (Å²) in [6, 6.07) is 1.90. The maximum absolute atomic E-state index is 12.9. The van der Waals surface area contributed by atoms with E-state index in [0.717, 1.165) is 31.5 Å². The molecule has 1 aromatic heterocycles. The predicted molar refractivity (Wildman–Crippen MR) is 105 cm³/mol.